The zero-order chi connectivity index (χ0) is 21.7. The van der Waals surface area contributed by atoms with Gasteiger partial charge < -0.3 is 4.42 Å². The Hall–Kier alpha value is -2.65. The third-order valence-corrected chi connectivity index (χ3v) is 7.76. The van der Waals surface area contributed by atoms with Gasteiger partial charge in [-0.3, -0.25) is 10.1 Å². The Morgan fingerprint density at radius 1 is 1.30 bits per heavy atom. The Morgan fingerprint density at radius 2 is 2.03 bits per heavy atom. The average Bonchev–Trinajstić information content (AvgIpc) is 3.37. The molecule has 0 fully saturated rings. The van der Waals surface area contributed by atoms with Gasteiger partial charge in [-0.25, -0.2) is 8.42 Å². The molecule has 1 aromatic carbocycles. The molecule has 0 atom stereocenters. The van der Waals surface area contributed by atoms with E-state index in [0.717, 1.165) is 16.2 Å². The van der Waals surface area contributed by atoms with Crippen molar-refractivity contribution < 1.29 is 17.6 Å². The first-order valence-corrected chi connectivity index (χ1v) is 12.0. The van der Waals surface area contributed by atoms with E-state index in [0.29, 0.717) is 15.9 Å². The average molecular weight is 481 g/mol. The maximum Gasteiger partial charge on any atom is 0.268 e. The zero-order valence-electron chi connectivity index (χ0n) is 15.3. The van der Waals surface area contributed by atoms with Gasteiger partial charge in [0.25, 0.3) is 5.91 Å². The molecule has 1 amide bonds. The SMILES string of the molecule is CCS(=O)(=O)c1nnc(NC(=O)C(C#N)=Cc2ccc(Sc3ccc(Cl)cc3)o2)s1. The topological polar surface area (TPSA) is 126 Å². The summed E-state index contributed by atoms with van der Waals surface area (Å²) in [4.78, 5) is 13.2. The smallest absolute Gasteiger partial charge is 0.268 e. The predicted octanol–water partition coefficient (Wildman–Crippen LogP) is 4.27. The van der Waals surface area contributed by atoms with E-state index in [9.17, 15) is 18.5 Å². The van der Waals surface area contributed by atoms with E-state index >= 15 is 0 Å². The second-order valence-corrected chi connectivity index (χ2v) is 10.6. The lowest BCUT2D eigenvalue weighted by Gasteiger charge is -1.99. The summed E-state index contributed by atoms with van der Waals surface area (Å²) in [7, 11) is -3.52. The Balaban J connectivity index is 1.71. The number of anilines is 1. The monoisotopic (exact) mass is 480 g/mol. The molecule has 0 saturated heterocycles. The number of sulfone groups is 1. The van der Waals surface area contributed by atoms with Gasteiger partial charge in [0, 0.05) is 16.0 Å². The van der Waals surface area contributed by atoms with Crippen molar-refractivity contribution in [3.05, 3.63) is 52.8 Å². The lowest BCUT2D eigenvalue weighted by Crippen LogP contribution is -2.13. The van der Waals surface area contributed by atoms with Crippen LogP contribution in [-0.2, 0) is 14.6 Å². The van der Waals surface area contributed by atoms with Crippen LogP contribution in [-0.4, -0.2) is 30.3 Å². The van der Waals surface area contributed by atoms with Crippen molar-refractivity contribution in [1.82, 2.24) is 10.2 Å². The number of furan rings is 1. The van der Waals surface area contributed by atoms with E-state index < -0.39 is 15.7 Å². The van der Waals surface area contributed by atoms with Crippen LogP contribution in [0.15, 0.2) is 60.7 Å². The van der Waals surface area contributed by atoms with Crippen LogP contribution in [0.4, 0.5) is 5.13 Å². The molecular formula is C18H13ClN4O4S3. The largest absolute Gasteiger partial charge is 0.450 e. The van der Waals surface area contributed by atoms with Gasteiger partial charge in [-0.05, 0) is 36.4 Å². The van der Waals surface area contributed by atoms with Crippen molar-refractivity contribution in [1.29, 1.82) is 5.26 Å². The van der Waals surface area contributed by atoms with Crippen LogP contribution >= 0.6 is 34.7 Å². The van der Waals surface area contributed by atoms with Gasteiger partial charge >= 0.3 is 0 Å². The quantitative estimate of drug-likeness (QED) is 0.301. The minimum atomic E-state index is -3.52. The molecule has 3 rings (SSSR count). The van der Waals surface area contributed by atoms with E-state index in [2.05, 4.69) is 15.5 Å². The minimum absolute atomic E-state index is 0.0217. The van der Waals surface area contributed by atoms with Gasteiger partial charge in [-0.2, -0.15) is 5.26 Å². The number of nitrogens with zero attached hydrogens (tertiary/aromatic N) is 3. The standard InChI is InChI=1S/C18H13ClN4O4S3/c1-2-30(25,26)18-23-22-17(29-18)21-16(24)11(10-20)9-13-5-8-15(27-13)28-14-6-3-12(19)4-7-14/h3-9H,2H2,1H3,(H,21,22,24). The number of hydrogen-bond acceptors (Lipinski definition) is 9. The third kappa shape index (κ3) is 5.48. The molecule has 12 heteroatoms. The van der Waals surface area contributed by atoms with Crippen molar-refractivity contribution >= 4 is 61.7 Å². The van der Waals surface area contributed by atoms with Gasteiger partial charge in [0.05, 0.1) is 5.75 Å². The molecule has 1 N–H and O–H groups in total. The molecule has 8 nitrogen and oxygen atoms in total. The molecule has 0 bridgehead atoms. The Morgan fingerprint density at radius 3 is 2.70 bits per heavy atom. The minimum Gasteiger partial charge on any atom is -0.450 e. The number of amides is 1. The maximum absolute atomic E-state index is 12.3. The number of benzene rings is 1. The fraction of sp³-hybridized carbons (Fsp3) is 0.111. The summed E-state index contributed by atoms with van der Waals surface area (Å²) in [5.41, 5.74) is -0.234. The highest BCUT2D eigenvalue weighted by Crippen LogP contribution is 2.30. The number of carbonyl (C=O) groups excluding carboxylic acids is 1. The van der Waals surface area contributed by atoms with Gasteiger partial charge in [0.2, 0.25) is 19.3 Å². The van der Waals surface area contributed by atoms with Crippen LogP contribution < -0.4 is 5.32 Å². The van der Waals surface area contributed by atoms with Crippen molar-refractivity contribution in [3.63, 3.8) is 0 Å². The van der Waals surface area contributed by atoms with Gasteiger partial charge in [-0.1, -0.05) is 41.6 Å². The molecule has 0 radical (unpaired) electrons. The molecule has 0 unspecified atom stereocenters. The van der Waals surface area contributed by atoms with Gasteiger partial charge in [0.15, 0.2) is 5.09 Å². The third-order valence-electron chi connectivity index (χ3n) is 3.56. The van der Waals surface area contributed by atoms with Gasteiger partial charge in [-0.15, -0.1) is 10.2 Å². The van der Waals surface area contributed by atoms with Crippen molar-refractivity contribution in [2.75, 3.05) is 11.1 Å². The fourth-order valence-corrected chi connectivity index (χ4v) is 4.94. The Kier molecular flexibility index (Phi) is 6.94. The predicted molar refractivity (Wildman–Crippen MR) is 114 cm³/mol. The normalized spacial score (nSPS) is 11.8. The van der Waals surface area contributed by atoms with Crippen molar-refractivity contribution in [3.8, 4) is 6.07 Å². The number of aromatic nitrogens is 2. The molecule has 3 aromatic rings. The first-order valence-electron chi connectivity index (χ1n) is 8.33. The number of carbonyl (C=O) groups is 1. The molecule has 0 aliphatic rings. The van der Waals surface area contributed by atoms with Gasteiger partial charge in [0.1, 0.15) is 17.4 Å². The number of rotatable bonds is 7. The number of halogens is 1. The summed E-state index contributed by atoms with van der Waals surface area (Å²) in [6.45, 7) is 1.48. The number of hydrogen-bond donors (Lipinski definition) is 1. The van der Waals surface area contributed by atoms with Crippen LogP contribution in [0.5, 0.6) is 0 Å². The first kappa shape index (κ1) is 22.0. The van der Waals surface area contributed by atoms with Crippen LogP contribution in [0, 0.1) is 11.3 Å². The van der Waals surface area contributed by atoms with Crippen molar-refractivity contribution in [2.24, 2.45) is 0 Å². The summed E-state index contributed by atoms with van der Waals surface area (Å²) >= 11 is 7.94. The van der Waals surface area contributed by atoms with E-state index in [4.69, 9.17) is 16.0 Å². The fourth-order valence-electron chi connectivity index (χ4n) is 2.05. The maximum atomic E-state index is 12.3. The lowest BCUT2D eigenvalue weighted by molar-refractivity contribution is -0.112. The molecular weight excluding hydrogens is 468 g/mol. The van der Waals surface area contributed by atoms with Crippen LogP contribution in [0.1, 0.15) is 12.7 Å². The van der Waals surface area contributed by atoms with Crippen LogP contribution in [0.3, 0.4) is 0 Å². The van der Waals surface area contributed by atoms with E-state index in [1.165, 1.54) is 24.8 Å². The molecule has 154 valence electrons. The summed E-state index contributed by atoms with van der Waals surface area (Å²) < 4.78 is 29.0. The Labute approximate surface area is 185 Å². The molecule has 2 aromatic heterocycles. The molecule has 0 aliphatic heterocycles. The van der Waals surface area contributed by atoms with Crippen molar-refractivity contribution in [2.45, 2.75) is 21.3 Å². The highest BCUT2D eigenvalue weighted by Gasteiger charge is 2.20. The van der Waals surface area contributed by atoms with Crippen LogP contribution in [0.2, 0.25) is 5.02 Å². The highest BCUT2D eigenvalue weighted by molar-refractivity contribution is 7.99. The molecule has 0 saturated carbocycles. The highest BCUT2D eigenvalue weighted by atomic mass is 35.5. The summed E-state index contributed by atoms with van der Waals surface area (Å²) in [5.74, 6) is -0.574. The molecule has 0 aliphatic carbocycles. The van der Waals surface area contributed by atoms with E-state index in [1.807, 2.05) is 12.1 Å². The summed E-state index contributed by atoms with van der Waals surface area (Å²) in [6, 6.07) is 12.3. The lowest BCUT2D eigenvalue weighted by atomic mass is 10.2. The second kappa shape index (κ2) is 9.44. The number of nitriles is 1. The van der Waals surface area contributed by atoms with E-state index in [-0.39, 0.29) is 20.8 Å². The Bertz CT molecular complexity index is 1240. The molecule has 30 heavy (non-hydrogen) atoms. The van der Waals surface area contributed by atoms with E-state index in [1.54, 1.807) is 30.3 Å². The zero-order valence-corrected chi connectivity index (χ0v) is 18.5. The number of nitrogens with one attached hydrogen (secondary N) is 1. The summed E-state index contributed by atoms with van der Waals surface area (Å²) in [5, 5.41) is 20.1. The van der Waals surface area contributed by atoms with Crippen LogP contribution in [0.25, 0.3) is 6.08 Å². The summed E-state index contributed by atoms with van der Waals surface area (Å²) in [6.07, 6.45) is 1.28. The second-order valence-electron chi connectivity index (χ2n) is 5.61. The molecule has 0 spiro atoms. The first-order chi connectivity index (χ1) is 14.3. The molecule has 2 heterocycles.